The van der Waals surface area contributed by atoms with Gasteiger partial charge in [0, 0.05) is 18.8 Å². The minimum Gasteiger partial charge on any atom is -0.469 e. The highest BCUT2D eigenvalue weighted by molar-refractivity contribution is 5.69. The van der Waals surface area contributed by atoms with Gasteiger partial charge in [0.1, 0.15) is 0 Å². The summed E-state index contributed by atoms with van der Waals surface area (Å²) < 4.78 is 35.7. The fourth-order valence-corrected chi connectivity index (χ4v) is 8.88. The minimum atomic E-state index is -2.68. The van der Waals surface area contributed by atoms with E-state index in [2.05, 4.69) is 20.8 Å². The van der Waals surface area contributed by atoms with Crippen molar-refractivity contribution in [2.75, 3.05) is 7.11 Å². The predicted molar refractivity (Wildman–Crippen MR) is 112 cm³/mol. The number of ether oxygens (including phenoxy) is 1. The van der Waals surface area contributed by atoms with Gasteiger partial charge in [-0.05, 0) is 91.8 Å². The molecule has 4 fully saturated rings. The number of aliphatic hydroxyl groups is 1. The molecule has 0 aliphatic heterocycles. The van der Waals surface area contributed by atoms with E-state index < -0.39 is 17.9 Å². The summed E-state index contributed by atoms with van der Waals surface area (Å²) in [5, 5.41) is 10.1. The van der Waals surface area contributed by atoms with Gasteiger partial charge in [0.2, 0.25) is 0 Å². The van der Waals surface area contributed by atoms with E-state index in [4.69, 9.17) is 4.74 Å². The highest BCUT2D eigenvalue weighted by atomic mass is 19.3. The van der Waals surface area contributed by atoms with E-state index in [1.165, 1.54) is 7.11 Å². The van der Waals surface area contributed by atoms with Crippen molar-refractivity contribution in [2.45, 2.75) is 97.0 Å². The SMILES string of the molecule is COC(=O)CCC(C)C1CCC2C3CC(F)(F)C4CC(O)CCC4(C)C3CCC12C. The molecule has 5 heteroatoms. The number of alkyl halides is 2. The zero-order valence-electron chi connectivity index (χ0n) is 19.1. The predicted octanol–water partition coefficient (Wildman–Crippen LogP) is 5.84. The molecular formula is C25H40F2O3. The summed E-state index contributed by atoms with van der Waals surface area (Å²) in [6.07, 6.45) is 6.67. The number of fused-ring (bicyclic) bond motifs is 5. The molecule has 9 atom stereocenters. The normalized spacial score (nSPS) is 48.2. The number of hydrogen-bond donors (Lipinski definition) is 1. The van der Waals surface area contributed by atoms with E-state index in [1.807, 2.05) is 0 Å². The van der Waals surface area contributed by atoms with Crippen molar-refractivity contribution in [1.82, 2.24) is 0 Å². The van der Waals surface area contributed by atoms with Crippen molar-refractivity contribution < 1.29 is 23.4 Å². The largest absolute Gasteiger partial charge is 0.469 e. The molecule has 0 amide bonds. The monoisotopic (exact) mass is 426 g/mol. The fourth-order valence-electron chi connectivity index (χ4n) is 8.88. The van der Waals surface area contributed by atoms with Gasteiger partial charge >= 0.3 is 5.97 Å². The maximum atomic E-state index is 15.5. The number of hydrogen-bond acceptors (Lipinski definition) is 3. The van der Waals surface area contributed by atoms with Crippen LogP contribution in [0.15, 0.2) is 0 Å². The van der Waals surface area contributed by atoms with Crippen LogP contribution in [0.25, 0.3) is 0 Å². The second-order valence-corrected chi connectivity index (χ2v) is 11.6. The number of rotatable bonds is 4. The van der Waals surface area contributed by atoms with Crippen LogP contribution in [-0.4, -0.2) is 30.2 Å². The molecule has 4 aliphatic carbocycles. The molecule has 0 radical (unpaired) electrons. The molecule has 30 heavy (non-hydrogen) atoms. The lowest BCUT2D eigenvalue weighted by Crippen LogP contribution is -2.60. The average molecular weight is 427 g/mol. The molecule has 0 saturated heterocycles. The van der Waals surface area contributed by atoms with Crippen molar-refractivity contribution in [1.29, 1.82) is 0 Å². The first-order chi connectivity index (χ1) is 14.0. The van der Waals surface area contributed by atoms with E-state index in [0.717, 1.165) is 38.5 Å². The summed E-state index contributed by atoms with van der Waals surface area (Å²) >= 11 is 0. The van der Waals surface area contributed by atoms with Crippen molar-refractivity contribution >= 4 is 5.97 Å². The lowest BCUT2D eigenvalue weighted by Gasteiger charge is -2.62. The quantitative estimate of drug-likeness (QED) is 0.575. The van der Waals surface area contributed by atoms with Crippen molar-refractivity contribution in [3.8, 4) is 0 Å². The summed E-state index contributed by atoms with van der Waals surface area (Å²) in [6, 6.07) is 0. The molecule has 1 N–H and O–H groups in total. The molecule has 0 aromatic carbocycles. The molecule has 0 heterocycles. The van der Waals surface area contributed by atoms with Crippen molar-refractivity contribution in [2.24, 2.45) is 46.3 Å². The number of carbonyl (C=O) groups is 1. The van der Waals surface area contributed by atoms with Gasteiger partial charge in [0.15, 0.2) is 0 Å². The molecular weight excluding hydrogens is 386 g/mol. The lowest BCUT2D eigenvalue weighted by atomic mass is 9.43. The fraction of sp³-hybridized carbons (Fsp3) is 0.960. The second kappa shape index (κ2) is 7.71. The van der Waals surface area contributed by atoms with E-state index in [0.29, 0.717) is 36.5 Å². The van der Waals surface area contributed by atoms with Gasteiger partial charge in [-0.2, -0.15) is 0 Å². The Labute approximate surface area is 180 Å². The maximum absolute atomic E-state index is 15.5. The van der Waals surface area contributed by atoms with Crippen LogP contribution in [0.4, 0.5) is 8.78 Å². The number of halogens is 2. The Hall–Kier alpha value is -0.710. The van der Waals surface area contributed by atoms with Crippen LogP contribution in [0.5, 0.6) is 0 Å². The van der Waals surface area contributed by atoms with Gasteiger partial charge < -0.3 is 9.84 Å². The maximum Gasteiger partial charge on any atom is 0.305 e. The van der Waals surface area contributed by atoms with Crippen LogP contribution in [0.2, 0.25) is 0 Å². The Morgan fingerprint density at radius 2 is 1.77 bits per heavy atom. The smallest absolute Gasteiger partial charge is 0.305 e. The van der Waals surface area contributed by atoms with E-state index in [-0.39, 0.29) is 35.6 Å². The third-order valence-corrected chi connectivity index (χ3v) is 10.4. The van der Waals surface area contributed by atoms with Gasteiger partial charge in [0.25, 0.3) is 5.92 Å². The van der Waals surface area contributed by atoms with E-state index in [9.17, 15) is 9.90 Å². The molecule has 4 saturated carbocycles. The summed E-state index contributed by atoms with van der Waals surface area (Å²) in [4.78, 5) is 11.6. The zero-order chi connectivity index (χ0) is 21.9. The van der Waals surface area contributed by atoms with Crippen LogP contribution in [-0.2, 0) is 9.53 Å². The molecule has 172 valence electrons. The molecule has 3 nitrogen and oxygen atoms in total. The van der Waals surface area contributed by atoms with Crippen molar-refractivity contribution in [3.05, 3.63) is 0 Å². The highest BCUT2D eigenvalue weighted by Gasteiger charge is 2.67. The molecule has 0 spiro atoms. The van der Waals surface area contributed by atoms with E-state index in [1.54, 1.807) is 0 Å². The van der Waals surface area contributed by atoms with Gasteiger partial charge in [-0.25, -0.2) is 8.78 Å². The highest BCUT2D eigenvalue weighted by Crippen LogP contribution is 2.70. The molecule has 0 aromatic heterocycles. The summed E-state index contributed by atoms with van der Waals surface area (Å²) in [5.74, 6) is -1.79. The van der Waals surface area contributed by atoms with Crippen LogP contribution >= 0.6 is 0 Å². The average Bonchev–Trinajstić information content (AvgIpc) is 3.04. The second-order valence-electron chi connectivity index (χ2n) is 11.6. The van der Waals surface area contributed by atoms with Gasteiger partial charge in [-0.15, -0.1) is 0 Å². The topological polar surface area (TPSA) is 46.5 Å². The zero-order valence-corrected chi connectivity index (χ0v) is 19.1. The first-order valence-electron chi connectivity index (χ1n) is 12.2. The van der Waals surface area contributed by atoms with Gasteiger partial charge in [-0.3, -0.25) is 4.79 Å². The van der Waals surface area contributed by atoms with E-state index >= 15 is 8.78 Å². The van der Waals surface area contributed by atoms with Gasteiger partial charge in [0.05, 0.1) is 13.2 Å². The number of methoxy groups -OCH3 is 1. The van der Waals surface area contributed by atoms with Crippen LogP contribution in [0.1, 0.15) is 85.0 Å². The third-order valence-electron chi connectivity index (χ3n) is 10.4. The molecule has 4 rings (SSSR count). The Morgan fingerprint density at radius 3 is 2.47 bits per heavy atom. The molecule has 9 unspecified atom stereocenters. The Morgan fingerprint density at radius 1 is 1.10 bits per heavy atom. The first kappa shape index (κ1) is 22.5. The molecule has 0 bridgehead atoms. The minimum absolute atomic E-state index is 0.00810. The lowest BCUT2D eigenvalue weighted by molar-refractivity contribution is -0.235. The number of esters is 1. The van der Waals surface area contributed by atoms with Crippen LogP contribution in [0.3, 0.4) is 0 Å². The molecule has 0 aromatic rings. The van der Waals surface area contributed by atoms with Crippen LogP contribution in [0, 0.1) is 46.3 Å². The van der Waals surface area contributed by atoms with Gasteiger partial charge in [-0.1, -0.05) is 20.8 Å². The number of carbonyl (C=O) groups excluding carboxylic acids is 1. The first-order valence-corrected chi connectivity index (χ1v) is 12.2. The Bertz CT molecular complexity index is 667. The Kier molecular flexibility index (Phi) is 5.77. The summed E-state index contributed by atoms with van der Waals surface area (Å²) in [5.41, 5.74) is -0.244. The number of aliphatic hydroxyl groups excluding tert-OH is 1. The van der Waals surface area contributed by atoms with Crippen molar-refractivity contribution in [3.63, 3.8) is 0 Å². The molecule has 4 aliphatic rings. The summed E-state index contributed by atoms with van der Waals surface area (Å²) in [6.45, 7) is 6.71. The third kappa shape index (κ3) is 3.42. The summed E-state index contributed by atoms with van der Waals surface area (Å²) in [7, 11) is 1.43. The standard InChI is InChI=1S/C25H40F2O3/c1-15(5-8-22(29)30-4)18-6-7-19-17-14-25(26,27)21-13-16(28)9-11-24(21,3)20(17)10-12-23(18,19)2/h15-21,28H,5-14H2,1-4H3. The Balaban J connectivity index is 1.56. The van der Waals surface area contributed by atoms with Crippen LogP contribution < -0.4 is 0 Å².